The van der Waals surface area contributed by atoms with Crippen LogP contribution >= 0.6 is 0 Å². The molecule has 1 aliphatic rings. The molecule has 0 aromatic rings. The van der Waals surface area contributed by atoms with Gasteiger partial charge in [-0.25, -0.2) is 4.79 Å². The Labute approximate surface area is 352 Å². The Balaban J connectivity index is 2.59. The third kappa shape index (κ3) is 32.6. The topological polar surface area (TPSA) is 83.5 Å². The van der Waals surface area contributed by atoms with E-state index in [1.54, 1.807) is 0 Å². The van der Waals surface area contributed by atoms with Crippen LogP contribution in [0.2, 0.25) is 0 Å². The van der Waals surface area contributed by atoms with Gasteiger partial charge in [0.2, 0.25) is 0 Å². The first-order valence-electron chi connectivity index (χ1n) is 24.0. The Morgan fingerprint density at radius 3 is 1.95 bits per heavy atom. The van der Waals surface area contributed by atoms with Gasteiger partial charge in [-0.15, -0.1) is 0 Å². The van der Waals surface area contributed by atoms with Crippen molar-refractivity contribution in [2.75, 3.05) is 46.1 Å². The monoisotopic (exact) mass is 805 g/mol. The summed E-state index contributed by atoms with van der Waals surface area (Å²) in [5.74, 6) is 0.933. The van der Waals surface area contributed by atoms with Gasteiger partial charge in [0.1, 0.15) is 6.10 Å². The molecule has 1 aliphatic heterocycles. The maximum atomic E-state index is 12.9. The molecule has 0 N–H and O–H groups in total. The van der Waals surface area contributed by atoms with Crippen LogP contribution in [0.3, 0.4) is 0 Å². The van der Waals surface area contributed by atoms with E-state index in [-0.39, 0.29) is 18.5 Å². The summed E-state index contributed by atoms with van der Waals surface area (Å²) in [4.78, 5) is 28.1. The van der Waals surface area contributed by atoms with Gasteiger partial charge in [0.25, 0.3) is 0 Å². The normalized spacial score (nSPS) is 15.7. The minimum absolute atomic E-state index is 0.240. The number of allylic oxidation sites excluding steroid dienone is 4. The van der Waals surface area contributed by atoms with E-state index in [1.165, 1.54) is 57.8 Å². The lowest BCUT2D eigenvalue weighted by atomic mass is 9.90. The maximum absolute atomic E-state index is 12.9. The number of esters is 1. The van der Waals surface area contributed by atoms with E-state index in [0.717, 1.165) is 115 Å². The summed E-state index contributed by atoms with van der Waals surface area (Å²) in [5.41, 5.74) is 0. The molecule has 3 atom stereocenters. The third-order valence-corrected chi connectivity index (χ3v) is 11.2. The number of piperidine rings is 1. The molecule has 1 fully saturated rings. The van der Waals surface area contributed by atoms with Crippen LogP contribution < -0.4 is 0 Å². The van der Waals surface area contributed by atoms with Crippen LogP contribution in [-0.4, -0.2) is 75.5 Å². The highest BCUT2D eigenvalue weighted by molar-refractivity contribution is 5.69. The highest BCUT2D eigenvalue weighted by Crippen LogP contribution is 2.25. The van der Waals surface area contributed by atoms with E-state index in [1.807, 2.05) is 0 Å². The van der Waals surface area contributed by atoms with Crippen LogP contribution in [0.15, 0.2) is 24.3 Å². The number of carbonyl (C=O) groups is 2. The number of likely N-dealkylation sites (tertiary alicyclic amines) is 1. The summed E-state index contributed by atoms with van der Waals surface area (Å²) in [6.45, 7) is 17.9. The van der Waals surface area contributed by atoms with E-state index in [0.29, 0.717) is 51.6 Å². The number of rotatable bonds is 39. The number of carbonyl (C=O) groups excluding carboxylic acids is 2. The Hall–Kier alpha value is -1.90. The van der Waals surface area contributed by atoms with Crippen molar-refractivity contribution < 1.29 is 33.3 Å². The largest absolute Gasteiger partial charge is 0.508 e. The van der Waals surface area contributed by atoms with Gasteiger partial charge < -0.3 is 28.6 Å². The van der Waals surface area contributed by atoms with Gasteiger partial charge in [-0.05, 0) is 109 Å². The summed E-state index contributed by atoms with van der Waals surface area (Å²) in [5, 5.41) is 0. The minimum atomic E-state index is -0.562. The Bertz CT molecular complexity index is 937. The average Bonchev–Trinajstić information content (AvgIpc) is 3.22. The van der Waals surface area contributed by atoms with Crippen molar-refractivity contribution in [3.8, 4) is 0 Å². The van der Waals surface area contributed by atoms with Gasteiger partial charge in [-0.1, -0.05) is 130 Å². The van der Waals surface area contributed by atoms with E-state index in [2.05, 4.69) is 63.8 Å². The molecule has 0 aromatic heterocycles. The number of hydrogen-bond donors (Lipinski definition) is 0. The lowest BCUT2D eigenvalue weighted by Gasteiger charge is -2.31. The van der Waals surface area contributed by atoms with Crippen molar-refractivity contribution in [1.82, 2.24) is 4.90 Å². The lowest BCUT2D eigenvalue weighted by molar-refractivity contribution is -0.159. The molecule has 1 radical (unpaired) electrons. The van der Waals surface area contributed by atoms with Crippen molar-refractivity contribution in [3.05, 3.63) is 31.2 Å². The fourth-order valence-electron chi connectivity index (χ4n) is 7.65. The van der Waals surface area contributed by atoms with Crippen LogP contribution in [0.25, 0.3) is 0 Å². The summed E-state index contributed by atoms with van der Waals surface area (Å²) >= 11 is 0. The first kappa shape index (κ1) is 53.1. The Morgan fingerprint density at radius 2 is 1.32 bits per heavy atom. The summed E-state index contributed by atoms with van der Waals surface area (Å²) in [6, 6.07) is 0. The van der Waals surface area contributed by atoms with Crippen molar-refractivity contribution in [2.45, 2.75) is 213 Å². The zero-order chi connectivity index (χ0) is 41.4. The van der Waals surface area contributed by atoms with Gasteiger partial charge >= 0.3 is 12.1 Å². The number of nitrogens with zero attached hydrogens (tertiary/aromatic N) is 1. The first-order valence-corrected chi connectivity index (χ1v) is 24.0. The van der Waals surface area contributed by atoms with E-state index in [9.17, 15) is 9.59 Å². The van der Waals surface area contributed by atoms with Gasteiger partial charge in [0, 0.05) is 32.1 Å². The second-order valence-corrected chi connectivity index (χ2v) is 16.4. The molecular weight excluding hydrogens is 715 g/mol. The highest BCUT2D eigenvalue weighted by atomic mass is 16.7. The molecule has 57 heavy (non-hydrogen) atoms. The Morgan fingerprint density at radius 1 is 0.684 bits per heavy atom. The van der Waals surface area contributed by atoms with Crippen molar-refractivity contribution in [1.29, 1.82) is 0 Å². The van der Waals surface area contributed by atoms with E-state index in [4.69, 9.17) is 23.7 Å². The van der Waals surface area contributed by atoms with Crippen LogP contribution in [0, 0.1) is 18.8 Å². The van der Waals surface area contributed by atoms with Crippen LogP contribution in [0.1, 0.15) is 201 Å². The van der Waals surface area contributed by atoms with Crippen LogP contribution in [-0.2, 0) is 28.5 Å². The van der Waals surface area contributed by atoms with Crippen molar-refractivity contribution in [2.24, 2.45) is 11.8 Å². The molecule has 8 nitrogen and oxygen atoms in total. The number of ether oxygens (including phenoxy) is 5. The molecule has 0 aromatic carbocycles. The van der Waals surface area contributed by atoms with E-state index >= 15 is 0 Å². The van der Waals surface area contributed by atoms with Crippen LogP contribution in [0.5, 0.6) is 0 Å². The van der Waals surface area contributed by atoms with Crippen molar-refractivity contribution in [3.63, 3.8) is 0 Å². The van der Waals surface area contributed by atoms with Gasteiger partial charge in [-0.3, -0.25) is 4.79 Å². The SMILES string of the molecule is [CH2]CCCCC(CCCCC)CCCCCC(CCCOC(=O)CCC(OCCCC/C=C\CC)OCCCC/C=C\CC)OC(=O)OCC1CCCN(CC)C1. The summed E-state index contributed by atoms with van der Waals surface area (Å²) in [7, 11) is 0. The number of hydrogen-bond acceptors (Lipinski definition) is 8. The van der Waals surface area contributed by atoms with Gasteiger partial charge in [-0.2, -0.15) is 0 Å². The molecule has 3 unspecified atom stereocenters. The summed E-state index contributed by atoms with van der Waals surface area (Å²) in [6.07, 6.45) is 35.8. The first-order chi connectivity index (χ1) is 27.9. The Kier molecular flexibility index (Phi) is 36.9. The van der Waals surface area contributed by atoms with Crippen molar-refractivity contribution >= 4 is 12.1 Å². The third-order valence-electron chi connectivity index (χ3n) is 11.2. The molecular formula is C49H90NO7. The molecule has 0 aliphatic carbocycles. The predicted molar refractivity (Wildman–Crippen MR) is 237 cm³/mol. The molecule has 0 spiro atoms. The molecule has 0 amide bonds. The molecule has 0 bridgehead atoms. The van der Waals surface area contributed by atoms with Gasteiger partial charge in [0.05, 0.1) is 19.6 Å². The van der Waals surface area contributed by atoms with E-state index < -0.39 is 12.4 Å². The molecule has 8 heteroatoms. The molecule has 333 valence electrons. The highest BCUT2D eigenvalue weighted by Gasteiger charge is 2.22. The second-order valence-electron chi connectivity index (χ2n) is 16.4. The maximum Gasteiger partial charge on any atom is 0.508 e. The van der Waals surface area contributed by atoms with Crippen LogP contribution in [0.4, 0.5) is 4.79 Å². The second kappa shape index (κ2) is 39.6. The molecule has 1 rings (SSSR count). The lowest BCUT2D eigenvalue weighted by Crippen LogP contribution is -2.37. The minimum Gasteiger partial charge on any atom is -0.466 e. The quantitative estimate of drug-likeness (QED) is 0.0263. The fourth-order valence-corrected chi connectivity index (χ4v) is 7.65. The fraction of sp³-hybridized carbons (Fsp3) is 0.857. The predicted octanol–water partition coefficient (Wildman–Crippen LogP) is 13.5. The molecule has 1 heterocycles. The molecule has 1 saturated heterocycles. The number of unbranched alkanes of at least 4 members (excludes halogenated alkanes) is 10. The molecule has 0 saturated carbocycles. The smallest absolute Gasteiger partial charge is 0.466 e. The standard InChI is InChI=1S/C49H90NO7/c1-6-11-15-17-19-26-39-54-48(55-40-27-20-18-16-12-7-2)37-36-47(51)53-41-29-35-46(57-49(52)56-43-45-33-28-38-50(10-5)42-45)34-25-21-24-32-44(30-22-13-8-3)31-23-14-9-4/h11-12,15-16,44-46,48H,3,6-10,13-14,17-43H2,1-2,4-5H3/b15-11-,16-12-. The zero-order valence-corrected chi connectivity index (χ0v) is 37.7. The summed E-state index contributed by atoms with van der Waals surface area (Å²) < 4.78 is 29.4. The van der Waals surface area contributed by atoms with Gasteiger partial charge in [0.15, 0.2) is 6.29 Å². The average molecular weight is 805 g/mol. The zero-order valence-electron chi connectivity index (χ0n) is 37.7.